The zero-order valence-corrected chi connectivity index (χ0v) is 23.6. The van der Waals surface area contributed by atoms with Crippen molar-refractivity contribution >= 4 is 45.0 Å². The minimum absolute atomic E-state index is 0. The smallest absolute Gasteiger partial charge is 1.00 e. The second kappa shape index (κ2) is 10.8. The van der Waals surface area contributed by atoms with Crippen molar-refractivity contribution in [1.82, 2.24) is 9.80 Å². The predicted molar refractivity (Wildman–Crippen MR) is 132 cm³/mol. The quantitative estimate of drug-likeness (QED) is 0.184. The fourth-order valence-electron chi connectivity index (χ4n) is 4.08. The van der Waals surface area contributed by atoms with E-state index in [0.29, 0.717) is 6.54 Å². The number of anilines is 1. The van der Waals surface area contributed by atoms with E-state index in [1.807, 2.05) is 35.2 Å². The van der Waals surface area contributed by atoms with Gasteiger partial charge in [0.15, 0.2) is 5.11 Å². The average molecular weight is 514 g/mol. The molecule has 1 N–H and O–H groups in total. The Kier molecular flexibility index (Phi) is 9.06. The van der Waals surface area contributed by atoms with Crippen molar-refractivity contribution < 1.29 is 53.5 Å². The zero-order valence-electron chi connectivity index (χ0n) is 21.0. The molecule has 1 fully saturated rings. The van der Waals surface area contributed by atoms with Crippen LogP contribution in [0.3, 0.4) is 0 Å². The second-order valence-electron chi connectivity index (χ2n) is 8.46. The number of fused-ring (bicyclic) bond motifs is 1. The molecular formula is C23H28N3NaO5S2. The monoisotopic (exact) mass is 513 g/mol. The number of likely N-dealkylation sites (N-methyl/N-ethyl adjacent to an activating group) is 2. The summed E-state index contributed by atoms with van der Waals surface area (Å²) in [7, 11) is -0.998. The molecule has 0 bridgehead atoms. The SMILES string of the molecule is CN1C(=O)C(=CC=CC=C2N(CCCS(=O)(=O)O)c3ccccc3C2(C)C)C(=O)N(C)C1=S.[H-].[Na+]. The molecule has 0 radical (unpaired) electrons. The molecule has 2 aliphatic heterocycles. The Bertz CT molecular complexity index is 1190. The Morgan fingerprint density at radius 3 is 2.21 bits per heavy atom. The summed E-state index contributed by atoms with van der Waals surface area (Å²) in [5, 5.41) is 0.152. The van der Waals surface area contributed by atoms with Gasteiger partial charge in [-0.25, -0.2) is 0 Å². The molecule has 0 atom stereocenters. The van der Waals surface area contributed by atoms with Crippen molar-refractivity contribution in [3.8, 4) is 0 Å². The van der Waals surface area contributed by atoms with Crippen LogP contribution < -0.4 is 34.5 Å². The van der Waals surface area contributed by atoms with E-state index in [9.17, 15) is 18.0 Å². The van der Waals surface area contributed by atoms with Crippen LogP contribution in [0.1, 0.15) is 27.3 Å². The Labute approximate surface area is 229 Å². The number of carbonyl (C=O) groups is 2. The summed E-state index contributed by atoms with van der Waals surface area (Å²) in [6.45, 7) is 4.56. The van der Waals surface area contributed by atoms with Crippen LogP contribution in [0.4, 0.5) is 5.69 Å². The standard InChI is InChI=1S/C23H27N3O5S2.Na.H/c1-23(2)17-11-6-7-12-18(17)26(14-9-15-33(29,30)31)19(23)13-8-5-10-16-20(27)24(3)22(32)25(4)21(16)28;;/h5-8,10-13H,9,14-15H2,1-4H3,(H,29,30,31);;/q;+1;-1. The summed E-state index contributed by atoms with van der Waals surface area (Å²) < 4.78 is 31.5. The van der Waals surface area contributed by atoms with Gasteiger partial charge in [-0.3, -0.25) is 23.9 Å². The molecule has 1 saturated heterocycles. The number of amides is 2. The topological polar surface area (TPSA) is 98.2 Å². The number of benzene rings is 1. The molecule has 3 rings (SSSR count). The molecule has 0 spiro atoms. The third-order valence-electron chi connectivity index (χ3n) is 5.86. The Morgan fingerprint density at radius 2 is 1.62 bits per heavy atom. The largest absolute Gasteiger partial charge is 1.00 e. The third kappa shape index (κ3) is 5.69. The Balaban J connectivity index is 0.00000306. The van der Waals surface area contributed by atoms with Gasteiger partial charge in [-0.1, -0.05) is 44.2 Å². The number of hydrogen-bond donors (Lipinski definition) is 1. The number of carbonyl (C=O) groups excluding carboxylic acids is 2. The van der Waals surface area contributed by atoms with E-state index < -0.39 is 21.9 Å². The predicted octanol–water partition coefficient (Wildman–Crippen LogP) is -0.240. The number of nitrogens with zero attached hydrogens (tertiary/aromatic N) is 3. The first-order valence-corrected chi connectivity index (χ1v) is 12.4. The summed E-state index contributed by atoms with van der Waals surface area (Å²) in [5.74, 6) is -1.24. The Hall–Kier alpha value is -1.82. The van der Waals surface area contributed by atoms with Gasteiger partial charge in [-0.15, -0.1) is 0 Å². The minimum Gasteiger partial charge on any atom is -1.00 e. The third-order valence-corrected chi connectivity index (χ3v) is 7.21. The van der Waals surface area contributed by atoms with Gasteiger partial charge in [0.25, 0.3) is 21.9 Å². The molecule has 2 amide bonds. The maximum absolute atomic E-state index is 12.4. The molecule has 0 aromatic heterocycles. The minimum atomic E-state index is -4.05. The number of para-hydroxylation sites is 1. The molecule has 34 heavy (non-hydrogen) atoms. The van der Waals surface area contributed by atoms with Crippen LogP contribution in [0.25, 0.3) is 0 Å². The fraction of sp³-hybridized carbons (Fsp3) is 0.348. The van der Waals surface area contributed by atoms with E-state index in [2.05, 4.69) is 13.8 Å². The van der Waals surface area contributed by atoms with Crippen LogP contribution >= 0.6 is 12.2 Å². The van der Waals surface area contributed by atoms with Crippen molar-refractivity contribution in [1.29, 1.82) is 0 Å². The van der Waals surface area contributed by atoms with Crippen molar-refractivity contribution in [3.63, 3.8) is 0 Å². The van der Waals surface area contributed by atoms with Crippen LogP contribution in [0.15, 0.2) is 59.8 Å². The van der Waals surface area contributed by atoms with E-state index in [-0.39, 0.29) is 59.3 Å². The molecule has 0 aliphatic carbocycles. The maximum Gasteiger partial charge on any atom is 1.00 e. The molecule has 0 saturated carbocycles. The van der Waals surface area contributed by atoms with Crippen molar-refractivity contribution in [2.45, 2.75) is 25.7 Å². The zero-order chi connectivity index (χ0) is 24.6. The maximum atomic E-state index is 12.4. The van der Waals surface area contributed by atoms with Crippen LogP contribution in [0, 0.1) is 0 Å². The molecule has 8 nitrogen and oxygen atoms in total. The summed E-state index contributed by atoms with van der Waals surface area (Å²) in [6, 6.07) is 7.89. The second-order valence-corrected chi connectivity index (χ2v) is 10.4. The molecule has 178 valence electrons. The van der Waals surface area contributed by atoms with Gasteiger partial charge in [0.2, 0.25) is 0 Å². The van der Waals surface area contributed by atoms with Gasteiger partial charge < -0.3 is 6.33 Å². The van der Waals surface area contributed by atoms with Crippen molar-refractivity contribution in [3.05, 3.63) is 65.4 Å². The number of thiocarbonyl (C=S) groups is 1. The first-order valence-electron chi connectivity index (χ1n) is 10.4. The summed E-state index contributed by atoms with van der Waals surface area (Å²) in [5.41, 5.74) is 2.68. The number of allylic oxidation sites excluding steroid dienone is 5. The van der Waals surface area contributed by atoms with E-state index in [1.54, 1.807) is 12.2 Å². The number of rotatable bonds is 6. The van der Waals surface area contributed by atoms with Crippen LogP contribution in [-0.4, -0.2) is 66.1 Å². The van der Waals surface area contributed by atoms with E-state index in [0.717, 1.165) is 16.9 Å². The summed E-state index contributed by atoms with van der Waals surface area (Å²) in [4.78, 5) is 29.4. The molecule has 11 heteroatoms. The molecule has 0 unspecified atom stereocenters. The average Bonchev–Trinajstić information content (AvgIpc) is 2.96. The van der Waals surface area contributed by atoms with Gasteiger partial charge in [-0.05, 0) is 42.4 Å². The normalized spacial score (nSPS) is 19.2. The van der Waals surface area contributed by atoms with Gasteiger partial charge >= 0.3 is 29.6 Å². The van der Waals surface area contributed by atoms with Crippen LogP contribution in [-0.2, 0) is 25.1 Å². The van der Waals surface area contributed by atoms with E-state index in [1.165, 1.54) is 30.0 Å². The molecule has 1 aromatic carbocycles. The number of hydrogen-bond acceptors (Lipinski definition) is 6. The van der Waals surface area contributed by atoms with Crippen molar-refractivity contribution in [2.24, 2.45) is 0 Å². The Morgan fingerprint density at radius 1 is 1.06 bits per heavy atom. The summed E-state index contributed by atoms with van der Waals surface area (Å²) in [6.07, 6.45) is 6.99. The van der Waals surface area contributed by atoms with Crippen LogP contribution in [0.5, 0.6) is 0 Å². The molecule has 1 aromatic rings. The fourth-order valence-corrected chi connectivity index (χ4v) is 4.74. The first-order chi connectivity index (χ1) is 15.4. The molecular weight excluding hydrogens is 485 g/mol. The van der Waals surface area contributed by atoms with Gasteiger partial charge in [-0.2, -0.15) is 8.42 Å². The van der Waals surface area contributed by atoms with Gasteiger partial charge in [0, 0.05) is 37.4 Å². The van der Waals surface area contributed by atoms with Gasteiger partial charge in [0.1, 0.15) is 5.57 Å². The molecule has 2 heterocycles. The molecule has 2 aliphatic rings. The van der Waals surface area contributed by atoms with Crippen LogP contribution in [0.2, 0.25) is 0 Å². The summed E-state index contributed by atoms with van der Waals surface area (Å²) >= 11 is 5.09. The van der Waals surface area contributed by atoms with E-state index >= 15 is 0 Å². The van der Waals surface area contributed by atoms with Gasteiger partial charge in [0.05, 0.1) is 5.75 Å². The van der Waals surface area contributed by atoms with E-state index in [4.69, 9.17) is 16.8 Å². The first kappa shape index (κ1) is 28.4. The van der Waals surface area contributed by atoms with Crippen molar-refractivity contribution in [2.75, 3.05) is 31.3 Å².